The molecule has 10 aromatic rings. The van der Waals surface area contributed by atoms with Crippen LogP contribution in [-0.2, 0) is 115 Å². The van der Waals surface area contributed by atoms with Gasteiger partial charge in [0.1, 0.15) is 0 Å². The van der Waals surface area contributed by atoms with E-state index in [0.717, 1.165) is 115 Å². The van der Waals surface area contributed by atoms with Gasteiger partial charge in [0.2, 0.25) is 0 Å². The summed E-state index contributed by atoms with van der Waals surface area (Å²) in [5.41, 5.74) is 26.9. The van der Waals surface area contributed by atoms with Crippen LogP contribution in [0.2, 0.25) is 0 Å². The maximum Gasteiger partial charge on any atom is 0.0384 e. The normalized spacial score (nSPS) is 11.7. The van der Waals surface area contributed by atoms with Crippen molar-refractivity contribution in [2.75, 3.05) is 5.32 Å². The molecule has 5 nitrogen and oxygen atoms in total. The van der Waals surface area contributed by atoms with Crippen LogP contribution < -0.4 is 26.6 Å². The summed E-state index contributed by atoms with van der Waals surface area (Å²) in [6, 6.07) is 90.6. The second-order valence-electron chi connectivity index (χ2n) is 26.7. The lowest BCUT2D eigenvalue weighted by Gasteiger charge is -2.19. The lowest BCUT2D eigenvalue weighted by Crippen LogP contribution is -2.14. The van der Waals surface area contributed by atoms with Crippen molar-refractivity contribution in [2.24, 2.45) is 0 Å². The first-order valence-electron chi connectivity index (χ1n) is 32.7. The zero-order chi connectivity index (χ0) is 61.7. The molecule has 0 aliphatic carbocycles. The second kappa shape index (κ2) is 31.8. The van der Waals surface area contributed by atoms with Crippen molar-refractivity contribution in [3.05, 3.63) is 343 Å². The van der Waals surface area contributed by atoms with Gasteiger partial charge in [0.05, 0.1) is 0 Å². The molecule has 0 saturated carbocycles. The summed E-state index contributed by atoms with van der Waals surface area (Å²) >= 11 is 0. The molecule has 0 bridgehead atoms. The van der Waals surface area contributed by atoms with Gasteiger partial charge in [0, 0.05) is 63.7 Å². The van der Waals surface area contributed by atoms with Gasteiger partial charge in [0.25, 0.3) is 0 Å². The molecule has 0 radical (unpaired) electrons. The highest BCUT2D eigenvalue weighted by atomic mass is 14.9. The first-order valence-corrected chi connectivity index (χ1v) is 32.7. The zero-order valence-corrected chi connectivity index (χ0v) is 53.9. The molecule has 0 heterocycles. The Morgan fingerprint density at radius 3 is 0.472 bits per heavy atom. The molecular weight excluding hydrogens is 1080 g/mol. The monoisotopic (exact) mass is 1170 g/mol. The van der Waals surface area contributed by atoms with Crippen LogP contribution in [0.1, 0.15) is 142 Å². The average Bonchev–Trinajstić information content (AvgIpc) is 3.75. The summed E-state index contributed by atoms with van der Waals surface area (Å²) in [5.74, 6) is 0. The number of rotatable bonds is 30. The van der Waals surface area contributed by atoms with Crippen molar-refractivity contribution in [3.8, 4) is 0 Å². The molecule has 0 spiro atoms. The molecule has 0 aliphatic heterocycles. The van der Waals surface area contributed by atoms with Crippen molar-refractivity contribution in [2.45, 2.75) is 156 Å². The van der Waals surface area contributed by atoms with Crippen LogP contribution in [0.5, 0.6) is 0 Å². The van der Waals surface area contributed by atoms with Gasteiger partial charge in [-0.1, -0.05) is 260 Å². The van der Waals surface area contributed by atoms with Gasteiger partial charge in [-0.05, 0) is 187 Å². The van der Waals surface area contributed by atoms with Crippen molar-refractivity contribution < 1.29 is 0 Å². The molecule has 0 unspecified atom stereocenters. The summed E-state index contributed by atoms with van der Waals surface area (Å²) in [6.07, 6.45) is 8.26. The number of aryl methyl sites for hydroxylation is 8. The minimum absolute atomic E-state index is 0.188. The van der Waals surface area contributed by atoms with Crippen molar-refractivity contribution in [1.82, 2.24) is 21.3 Å². The summed E-state index contributed by atoms with van der Waals surface area (Å²) in [6.45, 7) is 20.5. The van der Waals surface area contributed by atoms with Gasteiger partial charge in [-0.25, -0.2) is 0 Å². The van der Waals surface area contributed by atoms with E-state index < -0.39 is 0 Å². The van der Waals surface area contributed by atoms with E-state index in [1.807, 2.05) is 0 Å². The van der Waals surface area contributed by atoms with E-state index in [9.17, 15) is 0 Å². The van der Waals surface area contributed by atoms with Crippen LogP contribution >= 0.6 is 0 Å². The third-order valence-electron chi connectivity index (χ3n) is 17.4. The molecule has 0 atom stereocenters. The van der Waals surface area contributed by atoms with E-state index in [0.29, 0.717) is 0 Å². The fourth-order valence-electron chi connectivity index (χ4n) is 11.4. The summed E-state index contributed by atoms with van der Waals surface area (Å²) in [5, 5.41) is 18.1. The molecule has 5 heteroatoms. The van der Waals surface area contributed by atoms with Gasteiger partial charge < -0.3 is 26.6 Å². The summed E-state index contributed by atoms with van der Waals surface area (Å²) in [7, 11) is 0. The Kier molecular flexibility index (Phi) is 22.8. The van der Waals surface area contributed by atoms with Crippen LogP contribution in [0.15, 0.2) is 243 Å². The largest absolute Gasteiger partial charge is 0.356 e. The van der Waals surface area contributed by atoms with Crippen molar-refractivity contribution >= 4 is 11.4 Å². The molecule has 89 heavy (non-hydrogen) atoms. The van der Waals surface area contributed by atoms with Gasteiger partial charge >= 0.3 is 0 Å². The molecule has 456 valence electrons. The van der Waals surface area contributed by atoms with Crippen LogP contribution in [0, 0.1) is 0 Å². The Bertz CT molecular complexity index is 3420. The lowest BCUT2D eigenvalue weighted by atomic mass is 9.87. The second-order valence-corrected chi connectivity index (χ2v) is 26.7. The maximum atomic E-state index is 3.65. The van der Waals surface area contributed by atoms with Crippen molar-refractivity contribution in [3.63, 3.8) is 0 Å². The highest BCUT2D eigenvalue weighted by Gasteiger charge is 2.14. The van der Waals surface area contributed by atoms with Gasteiger partial charge in [-0.15, -0.1) is 0 Å². The average molecular weight is 1170 g/mol. The Hall–Kier alpha value is -8.16. The summed E-state index contributed by atoms with van der Waals surface area (Å²) < 4.78 is 0. The Labute approximate surface area is 533 Å². The van der Waals surface area contributed by atoms with Gasteiger partial charge in [-0.2, -0.15) is 0 Å². The molecule has 0 aromatic heterocycles. The maximum absolute atomic E-state index is 3.65. The number of benzene rings is 10. The van der Waals surface area contributed by atoms with Gasteiger partial charge in [-0.3, -0.25) is 0 Å². The molecule has 0 saturated heterocycles. The molecule has 5 N–H and O–H groups in total. The molecule has 0 aliphatic rings. The third kappa shape index (κ3) is 21.0. The molecule has 0 amide bonds. The zero-order valence-electron chi connectivity index (χ0n) is 53.9. The van der Waals surface area contributed by atoms with Crippen LogP contribution in [0.4, 0.5) is 11.4 Å². The highest BCUT2D eigenvalue weighted by Crippen LogP contribution is 2.25. The minimum atomic E-state index is 0.188. The minimum Gasteiger partial charge on any atom is -0.356 e. The Balaban J connectivity index is 0.552. The first-order chi connectivity index (χ1) is 43.3. The van der Waals surface area contributed by atoms with Gasteiger partial charge in [0.15, 0.2) is 0 Å². The van der Waals surface area contributed by atoms with E-state index in [2.05, 4.69) is 311 Å². The van der Waals surface area contributed by atoms with Crippen LogP contribution in [0.25, 0.3) is 0 Å². The molecular formula is C84H95N5. The van der Waals surface area contributed by atoms with E-state index in [-0.39, 0.29) is 10.8 Å². The van der Waals surface area contributed by atoms with Crippen LogP contribution in [0.3, 0.4) is 0 Å². The van der Waals surface area contributed by atoms with Crippen LogP contribution in [-0.4, -0.2) is 0 Å². The third-order valence-corrected chi connectivity index (χ3v) is 17.4. The SMILES string of the molecule is CC(C)(C)c1ccc(CNCc2ccc(CCc3ccc(CNCc4ccc(CCc5ccc(Nc6ccc(CCc7ccc(CNCc8ccc(CCc9ccc(CNCc%10ccc(C(C)(C)C)cc%10)cc9)cc8)cc7)cc6)cc5)cc4)cc3)cc2)cc1. The topological polar surface area (TPSA) is 60.1 Å². The predicted octanol–water partition coefficient (Wildman–Crippen LogP) is 18.3. The number of hydrogen-bond acceptors (Lipinski definition) is 5. The quantitative estimate of drug-likeness (QED) is 0.0311. The van der Waals surface area contributed by atoms with E-state index >= 15 is 0 Å². The fraction of sp³-hybridized carbons (Fsp3) is 0.286. The molecule has 10 rings (SSSR count). The standard InChI is InChI=1S/C84H95N5/c1-83(2,3)79-47-39-77(40-48-79)61-87-59-75-31-19-65(20-32-75)9-7-63-15-27-71(28-16-63)55-85-57-73-35-23-67(24-36-73)11-13-69-43-51-81(52-44-69)89-82-53-45-70(46-54-82)14-12-68-25-37-74(38-26-68)58-86-56-72-29-17-64(18-30-72)8-10-66-21-33-76(34-22-66)60-88-62-78-41-49-80(50-42-78)84(4,5)6/h15-54,85-89H,7-14,55-62H2,1-6H3. The van der Waals surface area contributed by atoms with E-state index in [1.54, 1.807) is 0 Å². The van der Waals surface area contributed by atoms with E-state index in [4.69, 9.17) is 0 Å². The number of nitrogens with one attached hydrogen (secondary N) is 5. The number of anilines is 2. The Morgan fingerprint density at radius 2 is 0.315 bits per heavy atom. The van der Waals surface area contributed by atoms with Crippen molar-refractivity contribution in [1.29, 1.82) is 0 Å². The highest BCUT2D eigenvalue weighted by molar-refractivity contribution is 5.60. The fourth-order valence-corrected chi connectivity index (χ4v) is 11.4. The predicted molar refractivity (Wildman–Crippen MR) is 377 cm³/mol. The number of hydrogen-bond donors (Lipinski definition) is 5. The molecule has 10 aromatic carbocycles. The first kappa shape index (κ1) is 63.8. The summed E-state index contributed by atoms with van der Waals surface area (Å²) in [4.78, 5) is 0. The lowest BCUT2D eigenvalue weighted by molar-refractivity contribution is 0.589. The Morgan fingerprint density at radius 1 is 0.180 bits per heavy atom. The molecule has 0 fully saturated rings. The smallest absolute Gasteiger partial charge is 0.0384 e. The van der Waals surface area contributed by atoms with E-state index in [1.165, 1.54) is 100 Å².